The van der Waals surface area contributed by atoms with E-state index in [0.29, 0.717) is 17.4 Å². The van der Waals surface area contributed by atoms with Crippen molar-refractivity contribution in [3.05, 3.63) is 59.5 Å². The highest BCUT2D eigenvalue weighted by atomic mass is 32.1. The number of fused-ring (bicyclic) bond motifs is 1. The minimum absolute atomic E-state index is 0.244. The number of carbonyl (C=O) groups excluding carboxylic acids is 1. The molecule has 0 aliphatic rings. The molecule has 0 aliphatic heterocycles. The molecule has 7 heteroatoms. The standard InChI is InChI=1S/C18H16N4O2S/c1-11(2)17-21-22-15(20-16(23)13-9-6-10-24-13)14(19-18(22)25-17)12-7-4-3-5-8-12/h3-11H,1-2H3,(H,20,23). The Hall–Kier alpha value is -2.93. The number of nitrogens with one attached hydrogen (secondary N) is 1. The molecule has 0 fully saturated rings. The Bertz CT molecular complexity index is 1020. The van der Waals surface area contributed by atoms with E-state index in [9.17, 15) is 4.79 Å². The van der Waals surface area contributed by atoms with Crippen molar-refractivity contribution in [1.29, 1.82) is 0 Å². The molecule has 0 saturated carbocycles. The van der Waals surface area contributed by atoms with Crippen molar-refractivity contribution < 1.29 is 9.21 Å². The summed E-state index contributed by atoms with van der Waals surface area (Å²) < 4.78 is 6.88. The minimum Gasteiger partial charge on any atom is -0.459 e. The molecule has 4 aromatic rings. The van der Waals surface area contributed by atoms with Crippen LogP contribution >= 0.6 is 11.3 Å². The quantitative estimate of drug-likeness (QED) is 0.590. The fraction of sp³-hybridized carbons (Fsp3) is 0.167. The van der Waals surface area contributed by atoms with E-state index >= 15 is 0 Å². The van der Waals surface area contributed by atoms with Crippen molar-refractivity contribution in [2.75, 3.05) is 5.32 Å². The number of amides is 1. The van der Waals surface area contributed by atoms with Crippen LogP contribution in [-0.4, -0.2) is 20.5 Å². The minimum atomic E-state index is -0.330. The second-order valence-electron chi connectivity index (χ2n) is 5.90. The highest BCUT2D eigenvalue weighted by Gasteiger charge is 2.21. The van der Waals surface area contributed by atoms with Gasteiger partial charge < -0.3 is 9.73 Å². The summed E-state index contributed by atoms with van der Waals surface area (Å²) in [5.74, 6) is 0.752. The van der Waals surface area contributed by atoms with Gasteiger partial charge in [0.25, 0.3) is 5.91 Å². The monoisotopic (exact) mass is 352 g/mol. The lowest BCUT2D eigenvalue weighted by Gasteiger charge is -2.05. The maximum atomic E-state index is 12.5. The van der Waals surface area contributed by atoms with Crippen LogP contribution in [0.5, 0.6) is 0 Å². The summed E-state index contributed by atoms with van der Waals surface area (Å²) in [7, 11) is 0. The molecule has 4 rings (SSSR count). The number of carbonyl (C=O) groups is 1. The van der Waals surface area contributed by atoms with E-state index in [1.165, 1.54) is 17.6 Å². The van der Waals surface area contributed by atoms with Gasteiger partial charge in [-0.2, -0.15) is 9.61 Å². The predicted molar refractivity (Wildman–Crippen MR) is 97.1 cm³/mol. The molecule has 0 spiro atoms. The van der Waals surface area contributed by atoms with Gasteiger partial charge in [-0.3, -0.25) is 4.79 Å². The largest absolute Gasteiger partial charge is 0.459 e. The van der Waals surface area contributed by atoms with Crippen LogP contribution in [0, 0.1) is 0 Å². The van der Waals surface area contributed by atoms with Gasteiger partial charge in [-0.1, -0.05) is 55.5 Å². The predicted octanol–water partition coefficient (Wildman–Crippen LogP) is 4.43. The molecular formula is C18H16N4O2S. The number of furan rings is 1. The van der Waals surface area contributed by atoms with Crippen LogP contribution in [0.25, 0.3) is 16.2 Å². The van der Waals surface area contributed by atoms with Crippen molar-refractivity contribution in [1.82, 2.24) is 14.6 Å². The van der Waals surface area contributed by atoms with Gasteiger partial charge in [0, 0.05) is 11.5 Å². The summed E-state index contributed by atoms with van der Waals surface area (Å²) in [6, 6.07) is 13.0. The zero-order valence-corrected chi connectivity index (χ0v) is 14.6. The lowest BCUT2D eigenvalue weighted by Crippen LogP contribution is -2.13. The number of nitrogens with zero attached hydrogens (tertiary/aromatic N) is 3. The second kappa shape index (κ2) is 6.18. The third-order valence-electron chi connectivity index (χ3n) is 3.74. The van der Waals surface area contributed by atoms with Crippen molar-refractivity contribution in [2.24, 2.45) is 0 Å². The number of benzene rings is 1. The first-order chi connectivity index (χ1) is 12.1. The first kappa shape index (κ1) is 15.6. The Balaban J connectivity index is 1.84. The lowest BCUT2D eigenvalue weighted by molar-refractivity contribution is 0.0996. The number of hydrogen-bond acceptors (Lipinski definition) is 5. The molecular weight excluding hydrogens is 336 g/mol. The Morgan fingerprint density at radius 1 is 1.20 bits per heavy atom. The van der Waals surface area contributed by atoms with E-state index in [-0.39, 0.29) is 11.7 Å². The van der Waals surface area contributed by atoms with Crippen LogP contribution in [0.1, 0.15) is 35.3 Å². The summed E-state index contributed by atoms with van der Waals surface area (Å²) in [6.07, 6.45) is 1.47. The van der Waals surface area contributed by atoms with Crippen molar-refractivity contribution in [3.8, 4) is 11.3 Å². The Morgan fingerprint density at radius 3 is 2.68 bits per heavy atom. The first-order valence-electron chi connectivity index (χ1n) is 7.93. The summed E-state index contributed by atoms with van der Waals surface area (Å²) in [4.78, 5) is 17.9. The molecule has 0 unspecified atom stereocenters. The highest BCUT2D eigenvalue weighted by Crippen LogP contribution is 2.32. The highest BCUT2D eigenvalue weighted by molar-refractivity contribution is 7.16. The molecule has 126 valence electrons. The van der Waals surface area contributed by atoms with E-state index in [4.69, 9.17) is 9.40 Å². The number of hydrogen-bond donors (Lipinski definition) is 1. The first-order valence-corrected chi connectivity index (χ1v) is 8.75. The summed E-state index contributed by atoms with van der Waals surface area (Å²) in [5, 5.41) is 8.49. The van der Waals surface area contributed by atoms with Gasteiger partial charge in [-0.05, 0) is 12.1 Å². The number of rotatable bonds is 4. The van der Waals surface area contributed by atoms with E-state index in [1.54, 1.807) is 16.6 Å². The molecule has 0 radical (unpaired) electrons. The van der Waals surface area contributed by atoms with Gasteiger partial charge in [-0.15, -0.1) is 0 Å². The van der Waals surface area contributed by atoms with E-state index in [2.05, 4.69) is 24.3 Å². The van der Waals surface area contributed by atoms with E-state index in [1.807, 2.05) is 30.3 Å². The summed E-state index contributed by atoms with van der Waals surface area (Å²) in [5.41, 5.74) is 1.61. The fourth-order valence-corrected chi connectivity index (χ4v) is 3.38. The van der Waals surface area contributed by atoms with Crippen molar-refractivity contribution in [2.45, 2.75) is 19.8 Å². The smallest absolute Gasteiger partial charge is 0.292 e. The lowest BCUT2D eigenvalue weighted by atomic mass is 10.1. The van der Waals surface area contributed by atoms with Gasteiger partial charge in [0.1, 0.15) is 10.7 Å². The number of aromatic nitrogens is 3. The number of imidazole rings is 1. The van der Waals surface area contributed by atoms with Gasteiger partial charge in [0.15, 0.2) is 11.6 Å². The molecule has 25 heavy (non-hydrogen) atoms. The fourth-order valence-electron chi connectivity index (χ4n) is 2.48. The SMILES string of the molecule is CC(C)c1nn2c(NC(=O)c3ccco3)c(-c3ccccc3)nc2s1. The molecule has 1 N–H and O–H groups in total. The van der Waals surface area contributed by atoms with E-state index in [0.717, 1.165) is 15.5 Å². The average Bonchev–Trinajstić information content (AvgIpc) is 3.32. The molecule has 3 heterocycles. The van der Waals surface area contributed by atoms with Crippen LogP contribution in [-0.2, 0) is 0 Å². The zero-order chi connectivity index (χ0) is 17.4. The maximum absolute atomic E-state index is 12.5. The molecule has 0 bridgehead atoms. The van der Waals surface area contributed by atoms with Gasteiger partial charge in [-0.25, -0.2) is 4.98 Å². The molecule has 6 nitrogen and oxygen atoms in total. The third-order valence-corrected chi connectivity index (χ3v) is 4.95. The van der Waals surface area contributed by atoms with Gasteiger partial charge >= 0.3 is 0 Å². The second-order valence-corrected chi connectivity index (χ2v) is 6.88. The van der Waals surface area contributed by atoms with Crippen LogP contribution in [0.3, 0.4) is 0 Å². The Labute approximate surface area is 148 Å². The van der Waals surface area contributed by atoms with Gasteiger partial charge in [0.05, 0.1) is 6.26 Å². The number of anilines is 1. The summed E-state index contributed by atoms with van der Waals surface area (Å²) in [6.45, 7) is 4.16. The molecule has 3 aromatic heterocycles. The molecule has 0 saturated heterocycles. The molecule has 1 amide bonds. The zero-order valence-electron chi connectivity index (χ0n) is 13.8. The molecule has 0 atom stereocenters. The average molecular weight is 352 g/mol. The summed E-state index contributed by atoms with van der Waals surface area (Å²) >= 11 is 1.53. The topological polar surface area (TPSA) is 72.4 Å². The normalized spacial score (nSPS) is 11.3. The molecule has 0 aliphatic carbocycles. The maximum Gasteiger partial charge on any atom is 0.292 e. The van der Waals surface area contributed by atoms with Crippen LogP contribution in [0.15, 0.2) is 53.1 Å². The van der Waals surface area contributed by atoms with Crippen molar-refractivity contribution in [3.63, 3.8) is 0 Å². The molecule has 1 aromatic carbocycles. The Morgan fingerprint density at radius 2 is 2.00 bits per heavy atom. The van der Waals surface area contributed by atoms with Crippen LogP contribution in [0.2, 0.25) is 0 Å². The van der Waals surface area contributed by atoms with Crippen molar-refractivity contribution >= 4 is 28.0 Å². The van der Waals surface area contributed by atoms with Crippen LogP contribution in [0.4, 0.5) is 5.82 Å². The van der Waals surface area contributed by atoms with Gasteiger partial charge in [0.2, 0.25) is 4.96 Å². The van der Waals surface area contributed by atoms with E-state index < -0.39 is 0 Å². The Kier molecular flexibility index (Phi) is 3.85. The van der Waals surface area contributed by atoms with Crippen LogP contribution < -0.4 is 5.32 Å². The third kappa shape index (κ3) is 2.83.